The third kappa shape index (κ3) is 5.72. The topological polar surface area (TPSA) is 114 Å². The Labute approximate surface area is 178 Å². The lowest BCUT2D eigenvalue weighted by atomic mass is 9.82. The van der Waals surface area contributed by atoms with Crippen LogP contribution in [-0.4, -0.2) is 35.4 Å². The fraction of sp³-hybridized carbons (Fsp3) is 0.632. The Balaban J connectivity index is 0.00000196. The first-order valence-electron chi connectivity index (χ1n) is 9.55. The molecule has 1 aliphatic heterocycles. The summed E-state index contributed by atoms with van der Waals surface area (Å²) in [6, 6.07) is 3.85. The SMILES string of the molecule is Cl.Cl.NC(=O)C1CCN(c2ncccc2CNC(=O)C2(N)CCCCC2)CC1. The number of hydrogen-bond acceptors (Lipinski definition) is 5. The van der Waals surface area contributed by atoms with Crippen LogP contribution in [0.4, 0.5) is 5.82 Å². The molecule has 1 saturated carbocycles. The van der Waals surface area contributed by atoms with Gasteiger partial charge in [0, 0.05) is 37.3 Å². The molecule has 0 unspecified atom stereocenters. The molecular weight excluding hydrogens is 401 g/mol. The van der Waals surface area contributed by atoms with Gasteiger partial charge in [-0.1, -0.05) is 25.3 Å². The van der Waals surface area contributed by atoms with E-state index in [0.717, 1.165) is 69.4 Å². The molecule has 3 rings (SSSR count). The molecule has 2 heterocycles. The molecule has 2 amide bonds. The first-order chi connectivity index (χ1) is 12.5. The Bertz CT molecular complexity index is 659. The van der Waals surface area contributed by atoms with Gasteiger partial charge in [-0.05, 0) is 31.7 Å². The highest BCUT2D eigenvalue weighted by molar-refractivity contribution is 5.86. The maximum Gasteiger partial charge on any atom is 0.240 e. The largest absolute Gasteiger partial charge is 0.369 e. The number of halogens is 2. The van der Waals surface area contributed by atoms with Crippen molar-refractivity contribution < 1.29 is 9.59 Å². The van der Waals surface area contributed by atoms with Gasteiger partial charge in [0.2, 0.25) is 11.8 Å². The maximum atomic E-state index is 12.6. The minimum atomic E-state index is -0.736. The number of primary amides is 1. The van der Waals surface area contributed by atoms with Gasteiger partial charge >= 0.3 is 0 Å². The third-order valence-electron chi connectivity index (χ3n) is 5.70. The van der Waals surface area contributed by atoms with Crippen LogP contribution in [-0.2, 0) is 16.1 Å². The molecular formula is C19H31Cl2N5O2. The summed E-state index contributed by atoms with van der Waals surface area (Å²) in [5, 5.41) is 3.01. The molecule has 158 valence electrons. The van der Waals surface area contributed by atoms with Crippen LogP contribution in [0.5, 0.6) is 0 Å². The molecule has 1 aromatic rings. The predicted octanol–water partition coefficient (Wildman–Crippen LogP) is 1.90. The van der Waals surface area contributed by atoms with E-state index < -0.39 is 5.54 Å². The van der Waals surface area contributed by atoms with Crippen LogP contribution < -0.4 is 21.7 Å². The van der Waals surface area contributed by atoms with E-state index in [2.05, 4.69) is 15.2 Å². The number of amides is 2. The average molecular weight is 432 g/mol. The van der Waals surface area contributed by atoms with Gasteiger partial charge in [-0.15, -0.1) is 24.8 Å². The van der Waals surface area contributed by atoms with E-state index in [4.69, 9.17) is 11.5 Å². The molecule has 0 atom stereocenters. The molecule has 2 aliphatic rings. The van der Waals surface area contributed by atoms with E-state index in [9.17, 15) is 9.59 Å². The summed E-state index contributed by atoms with van der Waals surface area (Å²) in [5.41, 5.74) is 12.0. The zero-order valence-electron chi connectivity index (χ0n) is 16.1. The second-order valence-corrected chi connectivity index (χ2v) is 7.55. The molecule has 0 spiro atoms. The summed E-state index contributed by atoms with van der Waals surface area (Å²) < 4.78 is 0. The van der Waals surface area contributed by atoms with Gasteiger partial charge in [-0.25, -0.2) is 4.98 Å². The zero-order chi connectivity index (χ0) is 18.6. The number of rotatable bonds is 5. The van der Waals surface area contributed by atoms with Gasteiger partial charge in [-0.2, -0.15) is 0 Å². The average Bonchev–Trinajstić information content (AvgIpc) is 2.67. The third-order valence-corrected chi connectivity index (χ3v) is 5.70. The summed E-state index contributed by atoms with van der Waals surface area (Å²) in [4.78, 5) is 30.6. The molecule has 1 saturated heterocycles. The summed E-state index contributed by atoms with van der Waals surface area (Å²) in [6.07, 6.45) is 7.91. The van der Waals surface area contributed by atoms with Gasteiger partial charge in [-0.3, -0.25) is 9.59 Å². The van der Waals surface area contributed by atoms with E-state index in [-0.39, 0.29) is 42.5 Å². The van der Waals surface area contributed by atoms with Crippen molar-refractivity contribution in [2.75, 3.05) is 18.0 Å². The Hall–Kier alpha value is -1.57. The number of hydrogen-bond donors (Lipinski definition) is 3. The standard InChI is InChI=1S/C19H29N5O2.2ClH/c20-16(25)14-6-11-24(12-7-14)17-15(5-4-10-22-17)13-23-18(26)19(21)8-2-1-3-9-19;;/h4-5,10,14H,1-3,6-9,11-13,21H2,(H2,20,25)(H,23,26);2*1H. The van der Waals surface area contributed by atoms with E-state index >= 15 is 0 Å². The van der Waals surface area contributed by atoms with Gasteiger partial charge in [0.25, 0.3) is 0 Å². The number of nitrogens with two attached hydrogens (primary N) is 2. The number of aromatic nitrogens is 1. The fourth-order valence-corrected chi connectivity index (χ4v) is 3.99. The predicted molar refractivity (Wildman–Crippen MR) is 115 cm³/mol. The number of piperidine rings is 1. The molecule has 0 aromatic carbocycles. The van der Waals surface area contributed by atoms with Gasteiger partial charge in [0.1, 0.15) is 5.82 Å². The van der Waals surface area contributed by atoms with E-state index in [0.29, 0.717) is 6.54 Å². The zero-order valence-corrected chi connectivity index (χ0v) is 17.7. The summed E-state index contributed by atoms with van der Waals surface area (Å²) in [6.45, 7) is 1.90. The van der Waals surface area contributed by atoms with Crippen LogP contribution in [0.3, 0.4) is 0 Å². The quantitative estimate of drug-likeness (QED) is 0.658. The molecule has 9 heteroatoms. The van der Waals surface area contributed by atoms with Crippen molar-refractivity contribution in [3.63, 3.8) is 0 Å². The molecule has 1 aromatic heterocycles. The minimum Gasteiger partial charge on any atom is -0.369 e. The number of nitrogens with zero attached hydrogens (tertiary/aromatic N) is 2. The summed E-state index contributed by atoms with van der Waals surface area (Å²) in [5.74, 6) is 0.519. The number of pyridine rings is 1. The molecule has 0 radical (unpaired) electrons. The summed E-state index contributed by atoms with van der Waals surface area (Å²) in [7, 11) is 0. The number of anilines is 1. The van der Waals surface area contributed by atoms with Crippen molar-refractivity contribution >= 4 is 42.4 Å². The molecule has 1 aliphatic carbocycles. The van der Waals surface area contributed by atoms with Crippen molar-refractivity contribution in [1.82, 2.24) is 10.3 Å². The lowest BCUT2D eigenvalue weighted by Crippen LogP contribution is -2.54. The number of carbonyl (C=O) groups excluding carboxylic acids is 2. The van der Waals surface area contributed by atoms with Gasteiger partial charge in [0.05, 0.1) is 5.54 Å². The van der Waals surface area contributed by atoms with E-state index in [1.54, 1.807) is 6.20 Å². The number of nitrogens with one attached hydrogen (secondary N) is 1. The first kappa shape index (κ1) is 24.5. The minimum absolute atomic E-state index is 0. The fourth-order valence-electron chi connectivity index (χ4n) is 3.99. The Morgan fingerprint density at radius 2 is 1.82 bits per heavy atom. The monoisotopic (exact) mass is 431 g/mol. The van der Waals surface area contributed by atoms with Crippen molar-refractivity contribution in [1.29, 1.82) is 0 Å². The van der Waals surface area contributed by atoms with Crippen LogP contribution in [0.2, 0.25) is 0 Å². The van der Waals surface area contributed by atoms with Crippen LogP contribution in [0.25, 0.3) is 0 Å². The Morgan fingerprint density at radius 3 is 2.43 bits per heavy atom. The molecule has 0 bridgehead atoms. The first-order valence-corrected chi connectivity index (χ1v) is 9.55. The molecule has 5 N–H and O–H groups in total. The second kappa shape index (κ2) is 10.8. The summed E-state index contributed by atoms with van der Waals surface area (Å²) >= 11 is 0. The maximum absolute atomic E-state index is 12.6. The smallest absolute Gasteiger partial charge is 0.240 e. The van der Waals surface area contributed by atoms with Gasteiger partial charge < -0.3 is 21.7 Å². The van der Waals surface area contributed by atoms with Crippen molar-refractivity contribution in [2.45, 2.75) is 57.0 Å². The second-order valence-electron chi connectivity index (χ2n) is 7.55. The van der Waals surface area contributed by atoms with E-state index in [1.165, 1.54) is 0 Å². The highest BCUT2D eigenvalue weighted by Gasteiger charge is 2.35. The van der Waals surface area contributed by atoms with Crippen molar-refractivity contribution in [3.05, 3.63) is 23.9 Å². The molecule has 2 fully saturated rings. The van der Waals surface area contributed by atoms with E-state index in [1.807, 2.05) is 12.1 Å². The van der Waals surface area contributed by atoms with Crippen LogP contribution in [0.15, 0.2) is 18.3 Å². The van der Waals surface area contributed by atoms with Crippen molar-refractivity contribution in [2.24, 2.45) is 17.4 Å². The molecule has 7 nitrogen and oxygen atoms in total. The van der Waals surface area contributed by atoms with Crippen molar-refractivity contribution in [3.8, 4) is 0 Å². The highest BCUT2D eigenvalue weighted by atomic mass is 35.5. The Morgan fingerprint density at radius 1 is 1.18 bits per heavy atom. The normalized spacial score (nSPS) is 19.1. The molecule has 28 heavy (non-hydrogen) atoms. The van der Waals surface area contributed by atoms with Crippen LogP contribution in [0, 0.1) is 5.92 Å². The Kier molecular flexibility index (Phi) is 9.47. The number of carbonyl (C=O) groups is 2. The van der Waals surface area contributed by atoms with Crippen LogP contribution in [0.1, 0.15) is 50.5 Å². The van der Waals surface area contributed by atoms with Gasteiger partial charge in [0.15, 0.2) is 0 Å². The van der Waals surface area contributed by atoms with Crippen LogP contribution >= 0.6 is 24.8 Å². The highest BCUT2D eigenvalue weighted by Crippen LogP contribution is 2.27. The lowest BCUT2D eigenvalue weighted by molar-refractivity contribution is -0.127. The lowest BCUT2D eigenvalue weighted by Gasteiger charge is -2.33.